The van der Waals surface area contributed by atoms with Crippen LogP contribution in [0, 0.1) is 0 Å². The number of esters is 1. The van der Waals surface area contributed by atoms with E-state index in [2.05, 4.69) is 5.32 Å². The van der Waals surface area contributed by atoms with E-state index in [4.69, 9.17) is 14.2 Å². The van der Waals surface area contributed by atoms with Crippen LogP contribution in [0.3, 0.4) is 0 Å². The summed E-state index contributed by atoms with van der Waals surface area (Å²) in [5.41, 5.74) is 0. The van der Waals surface area contributed by atoms with E-state index in [0.717, 1.165) is 0 Å². The third kappa shape index (κ3) is 5.11. The largest absolute Gasteiger partial charge is 0.462 e. The van der Waals surface area contributed by atoms with Crippen molar-refractivity contribution in [2.75, 3.05) is 33.0 Å². The molecule has 15 heavy (non-hydrogen) atoms. The first-order valence-corrected chi connectivity index (χ1v) is 5.29. The Bertz CT molecular complexity index is 190. The van der Waals surface area contributed by atoms with Gasteiger partial charge in [0.05, 0.1) is 25.9 Å². The van der Waals surface area contributed by atoms with Crippen molar-refractivity contribution >= 4 is 5.97 Å². The van der Waals surface area contributed by atoms with Gasteiger partial charge < -0.3 is 19.5 Å². The summed E-state index contributed by atoms with van der Waals surface area (Å²) in [5.74, 6) is -0.262. The van der Waals surface area contributed by atoms with E-state index in [1.54, 1.807) is 0 Å². The summed E-state index contributed by atoms with van der Waals surface area (Å²) in [7, 11) is 0. The van der Waals surface area contributed by atoms with Crippen LogP contribution in [0.1, 0.15) is 13.8 Å². The normalized spacial score (nSPS) is 21.7. The van der Waals surface area contributed by atoms with Crippen LogP contribution >= 0.6 is 0 Å². The average molecular weight is 217 g/mol. The zero-order chi connectivity index (χ0) is 11.1. The minimum Gasteiger partial charge on any atom is -0.462 e. The Kier molecular flexibility index (Phi) is 5.60. The molecular weight excluding hydrogens is 198 g/mol. The molecule has 1 rings (SSSR count). The highest BCUT2D eigenvalue weighted by molar-refractivity contribution is 5.76. The van der Waals surface area contributed by atoms with Crippen LogP contribution in [0.5, 0.6) is 0 Å². The number of carbonyl (C=O) groups excluding carboxylic acids is 1. The summed E-state index contributed by atoms with van der Waals surface area (Å²) < 4.78 is 15.4. The maximum atomic E-state index is 11.4. The number of nitrogens with one attached hydrogen (secondary N) is 1. The molecule has 1 aliphatic heterocycles. The minimum absolute atomic E-state index is 0.167. The zero-order valence-electron chi connectivity index (χ0n) is 9.32. The fraction of sp³-hybridized carbons (Fsp3) is 0.900. The summed E-state index contributed by atoms with van der Waals surface area (Å²) in [5, 5.41) is 3.03. The van der Waals surface area contributed by atoms with Crippen molar-refractivity contribution in [3.05, 3.63) is 0 Å². The summed E-state index contributed by atoms with van der Waals surface area (Å²) in [6.45, 7) is 6.37. The molecule has 1 fully saturated rings. The molecule has 0 aromatic carbocycles. The summed E-state index contributed by atoms with van der Waals surface area (Å²) in [6.07, 6.45) is 0.167. The van der Waals surface area contributed by atoms with Crippen molar-refractivity contribution in [2.45, 2.75) is 26.0 Å². The van der Waals surface area contributed by atoms with Crippen LogP contribution in [-0.2, 0) is 19.0 Å². The number of hydrogen-bond acceptors (Lipinski definition) is 5. The summed E-state index contributed by atoms with van der Waals surface area (Å²) >= 11 is 0. The number of hydrogen-bond donors (Lipinski definition) is 1. The van der Waals surface area contributed by atoms with Crippen molar-refractivity contribution in [2.24, 2.45) is 0 Å². The van der Waals surface area contributed by atoms with Crippen molar-refractivity contribution < 1.29 is 19.0 Å². The van der Waals surface area contributed by atoms with E-state index in [9.17, 15) is 4.79 Å². The molecule has 1 unspecified atom stereocenters. The lowest BCUT2D eigenvalue weighted by Crippen LogP contribution is -2.47. The summed E-state index contributed by atoms with van der Waals surface area (Å²) in [6, 6.07) is -0.321. The molecule has 0 bridgehead atoms. The molecule has 0 aromatic rings. The predicted molar refractivity (Wildman–Crippen MR) is 54.7 cm³/mol. The van der Waals surface area contributed by atoms with Gasteiger partial charge in [0.15, 0.2) is 0 Å². The third-order valence-electron chi connectivity index (χ3n) is 1.99. The molecule has 1 heterocycles. The van der Waals surface area contributed by atoms with Gasteiger partial charge in [0, 0.05) is 6.54 Å². The molecule has 88 valence electrons. The molecule has 0 aliphatic carbocycles. The number of morpholine rings is 1. The average Bonchev–Trinajstić information content (AvgIpc) is 2.25. The fourth-order valence-electron chi connectivity index (χ4n) is 1.24. The van der Waals surface area contributed by atoms with Crippen LogP contribution in [-0.4, -0.2) is 51.1 Å². The van der Waals surface area contributed by atoms with E-state index in [0.29, 0.717) is 33.0 Å². The van der Waals surface area contributed by atoms with Crippen LogP contribution < -0.4 is 5.32 Å². The van der Waals surface area contributed by atoms with E-state index in [1.807, 2.05) is 13.8 Å². The van der Waals surface area contributed by atoms with Crippen molar-refractivity contribution in [1.82, 2.24) is 5.32 Å². The first kappa shape index (κ1) is 12.4. The summed E-state index contributed by atoms with van der Waals surface area (Å²) in [4.78, 5) is 11.4. The van der Waals surface area contributed by atoms with Gasteiger partial charge in [0.2, 0.25) is 0 Å². The maximum Gasteiger partial charge on any atom is 0.325 e. The first-order chi connectivity index (χ1) is 7.20. The zero-order valence-corrected chi connectivity index (χ0v) is 9.32. The number of ether oxygens (including phenoxy) is 3. The van der Waals surface area contributed by atoms with Crippen molar-refractivity contribution in [3.8, 4) is 0 Å². The SMILES string of the molecule is CC(C)OCCOC(=O)C1COCCN1. The Balaban J connectivity index is 2.07. The lowest BCUT2D eigenvalue weighted by atomic mass is 10.3. The van der Waals surface area contributed by atoms with Crippen molar-refractivity contribution in [1.29, 1.82) is 0 Å². The monoisotopic (exact) mass is 217 g/mol. The maximum absolute atomic E-state index is 11.4. The lowest BCUT2D eigenvalue weighted by Gasteiger charge is -2.22. The Morgan fingerprint density at radius 3 is 2.93 bits per heavy atom. The van der Waals surface area contributed by atoms with Gasteiger partial charge in [-0.2, -0.15) is 0 Å². The number of carbonyl (C=O) groups is 1. The van der Waals surface area contributed by atoms with Gasteiger partial charge in [-0.05, 0) is 13.8 Å². The van der Waals surface area contributed by atoms with Crippen molar-refractivity contribution in [3.63, 3.8) is 0 Å². The van der Waals surface area contributed by atoms with Gasteiger partial charge in [-0.1, -0.05) is 0 Å². The molecule has 1 aliphatic rings. The Hall–Kier alpha value is -0.650. The Morgan fingerprint density at radius 1 is 1.53 bits per heavy atom. The van der Waals surface area contributed by atoms with E-state index in [-0.39, 0.29) is 18.1 Å². The second kappa shape index (κ2) is 6.76. The molecule has 0 amide bonds. The molecule has 1 saturated heterocycles. The molecule has 5 nitrogen and oxygen atoms in total. The molecule has 0 radical (unpaired) electrons. The number of rotatable bonds is 5. The topological polar surface area (TPSA) is 56.8 Å². The minimum atomic E-state index is -0.321. The fourth-order valence-corrected chi connectivity index (χ4v) is 1.24. The van der Waals surface area contributed by atoms with E-state index < -0.39 is 0 Å². The molecule has 0 aromatic heterocycles. The highest BCUT2D eigenvalue weighted by Gasteiger charge is 2.22. The van der Waals surface area contributed by atoms with Gasteiger partial charge in [-0.3, -0.25) is 4.79 Å². The van der Waals surface area contributed by atoms with Gasteiger partial charge in [-0.15, -0.1) is 0 Å². The van der Waals surface area contributed by atoms with Crippen LogP contribution in [0.2, 0.25) is 0 Å². The van der Waals surface area contributed by atoms with Gasteiger partial charge >= 0.3 is 5.97 Å². The first-order valence-electron chi connectivity index (χ1n) is 5.29. The second-order valence-electron chi connectivity index (χ2n) is 3.67. The predicted octanol–water partition coefficient (Wildman–Crippen LogP) is -0.0570. The third-order valence-corrected chi connectivity index (χ3v) is 1.99. The standard InChI is InChI=1S/C10H19NO4/c1-8(2)14-5-6-15-10(12)9-7-13-4-3-11-9/h8-9,11H,3-7H2,1-2H3. The van der Waals surface area contributed by atoms with Gasteiger partial charge in [0.25, 0.3) is 0 Å². The molecule has 1 atom stereocenters. The molecule has 1 N–H and O–H groups in total. The van der Waals surface area contributed by atoms with Crippen LogP contribution in [0.25, 0.3) is 0 Å². The van der Waals surface area contributed by atoms with E-state index >= 15 is 0 Å². The molecule has 0 saturated carbocycles. The lowest BCUT2D eigenvalue weighted by molar-refractivity contribution is -0.151. The Labute approximate surface area is 90.1 Å². The highest BCUT2D eigenvalue weighted by Crippen LogP contribution is 1.96. The van der Waals surface area contributed by atoms with E-state index in [1.165, 1.54) is 0 Å². The molecule has 5 heteroatoms. The molecule has 0 spiro atoms. The van der Waals surface area contributed by atoms with Crippen LogP contribution in [0.15, 0.2) is 0 Å². The van der Waals surface area contributed by atoms with Crippen LogP contribution in [0.4, 0.5) is 0 Å². The molecular formula is C10H19NO4. The smallest absolute Gasteiger partial charge is 0.325 e. The second-order valence-corrected chi connectivity index (χ2v) is 3.67. The quantitative estimate of drug-likeness (QED) is 0.516. The van der Waals surface area contributed by atoms with Gasteiger partial charge in [0.1, 0.15) is 12.6 Å². The van der Waals surface area contributed by atoms with Gasteiger partial charge in [-0.25, -0.2) is 0 Å². The Morgan fingerprint density at radius 2 is 2.33 bits per heavy atom. The highest BCUT2D eigenvalue weighted by atomic mass is 16.6.